The van der Waals surface area contributed by atoms with E-state index >= 15 is 0 Å². The van der Waals surface area contributed by atoms with Gasteiger partial charge in [-0.25, -0.2) is 0 Å². The summed E-state index contributed by atoms with van der Waals surface area (Å²) in [6, 6.07) is 0. The molecule has 0 aliphatic heterocycles. The highest BCUT2D eigenvalue weighted by Gasteiger charge is 2.21. The highest BCUT2D eigenvalue weighted by atomic mass is 31.2. The van der Waals surface area contributed by atoms with E-state index in [9.17, 15) is 19.0 Å². The van der Waals surface area contributed by atoms with Gasteiger partial charge in [0.05, 0.1) is 27.7 Å². The Kier molecular flexibility index (Phi) is 32.2. The molecule has 0 aliphatic rings. The number of unbranched alkanes of at least 4 members (excludes halogenated alkanes) is 23. The number of nitrogens with zero attached hydrogens (tertiary/aromatic N) is 1. The zero-order valence-electron chi connectivity index (χ0n) is 32.7. The molecule has 0 aromatic heterocycles. The number of rotatable bonds is 37. The molecule has 9 nitrogen and oxygen atoms in total. The average molecular weight is 720 g/mol. The molecule has 0 rings (SSSR count). The van der Waals surface area contributed by atoms with E-state index in [-0.39, 0.29) is 32.0 Å². The van der Waals surface area contributed by atoms with Gasteiger partial charge in [-0.3, -0.25) is 14.2 Å². The lowest BCUT2D eigenvalue weighted by Crippen LogP contribution is -2.37. The van der Waals surface area contributed by atoms with Crippen molar-refractivity contribution in [2.45, 2.75) is 193 Å². The number of hydrogen-bond acceptors (Lipinski definition) is 8. The van der Waals surface area contributed by atoms with Crippen molar-refractivity contribution in [2.75, 3.05) is 47.5 Å². The third-order valence-electron chi connectivity index (χ3n) is 8.88. The van der Waals surface area contributed by atoms with E-state index in [1.54, 1.807) is 0 Å². The van der Waals surface area contributed by atoms with Gasteiger partial charge in [0.2, 0.25) is 0 Å². The van der Waals surface area contributed by atoms with Gasteiger partial charge in [-0.05, 0) is 12.8 Å². The molecule has 0 saturated carbocycles. The van der Waals surface area contributed by atoms with Gasteiger partial charge >= 0.3 is 11.9 Å². The SMILES string of the molecule is CCCCCCCCCCCCCCCCCCCCCC(=O)O[C@H](COC(=O)CCCCCCCC)COP(=O)([O-])OCC[N+](C)(C)C. The van der Waals surface area contributed by atoms with Crippen molar-refractivity contribution in [1.82, 2.24) is 0 Å². The first-order valence-electron chi connectivity index (χ1n) is 20.2. The van der Waals surface area contributed by atoms with E-state index in [4.69, 9.17) is 18.5 Å². The van der Waals surface area contributed by atoms with Gasteiger partial charge in [0.1, 0.15) is 19.8 Å². The summed E-state index contributed by atoms with van der Waals surface area (Å²) in [5, 5.41) is 0. The van der Waals surface area contributed by atoms with Gasteiger partial charge in [0, 0.05) is 12.8 Å². The van der Waals surface area contributed by atoms with Crippen molar-refractivity contribution in [3.8, 4) is 0 Å². The van der Waals surface area contributed by atoms with Crippen LogP contribution in [0.15, 0.2) is 0 Å². The monoisotopic (exact) mass is 720 g/mol. The summed E-state index contributed by atoms with van der Waals surface area (Å²) in [5.41, 5.74) is 0. The van der Waals surface area contributed by atoms with Crippen LogP contribution in [0.25, 0.3) is 0 Å². The number of ether oxygens (including phenoxy) is 2. The first-order chi connectivity index (χ1) is 23.5. The molecule has 0 N–H and O–H groups in total. The smallest absolute Gasteiger partial charge is 0.306 e. The number of phosphoric acid groups is 1. The van der Waals surface area contributed by atoms with Crippen molar-refractivity contribution in [3.05, 3.63) is 0 Å². The molecule has 0 amide bonds. The first kappa shape index (κ1) is 48.0. The molecule has 1 unspecified atom stereocenters. The van der Waals surface area contributed by atoms with E-state index in [2.05, 4.69) is 13.8 Å². The highest BCUT2D eigenvalue weighted by Crippen LogP contribution is 2.38. The maximum Gasteiger partial charge on any atom is 0.306 e. The molecule has 49 heavy (non-hydrogen) atoms. The van der Waals surface area contributed by atoms with Crippen LogP contribution in [0.4, 0.5) is 0 Å². The van der Waals surface area contributed by atoms with Crippen molar-refractivity contribution >= 4 is 19.8 Å². The van der Waals surface area contributed by atoms with Crippen LogP contribution in [0.2, 0.25) is 0 Å². The number of esters is 2. The zero-order chi connectivity index (χ0) is 36.5. The molecule has 0 aromatic carbocycles. The second-order valence-electron chi connectivity index (χ2n) is 15.0. The lowest BCUT2D eigenvalue weighted by atomic mass is 10.0. The van der Waals surface area contributed by atoms with E-state index in [0.717, 1.165) is 38.5 Å². The van der Waals surface area contributed by atoms with Gasteiger partial charge in [-0.15, -0.1) is 0 Å². The van der Waals surface area contributed by atoms with E-state index < -0.39 is 26.5 Å². The number of hydrogen-bond donors (Lipinski definition) is 0. The Morgan fingerprint density at radius 2 is 0.918 bits per heavy atom. The summed E-state index contributed by atoms with van der Waals surface area (Å²) >= 11 is 0. The second-order valence-corrected chi connectivity index (χ2v) is 16.4. The molecular formula is C39H78NO8P. The molecule has 0 saturated heterocycles. The Bertz CT molecular complexity index is 819. The molecular weight excluding hydrogens is 641 g/mol. The van der Waals surface area contributed by atoms with Crippen LogP contribution in [-0.2, 0) is 32.7 Å². The van der Waals surface area contributed by atoms with Crippen LogP contribution in [-0.4, -0.2) is 70.0 Å². The molecule has 0 fully saturated rings. The molecule has 0 bridgehead atoms. The van der Waals surface area contributed by atoms with Crippen molar-refractivity contribution < 1.29 is 42.1 Å². The predicted octanol–water partition coefficient (Wildman–Crippen LogP) is 10.2. The first-order valence-corrected chi connectivity index (χ1v) is 21.7. The molecule has 292 valence electrons. The van der Waals surface area contributed by atoms with E-state index in [1.165, 1.54) is 116 Å². The molecule has 0 spiro atoms. The van der Waals surface area contributed by atoms with Crippen LogP contribution >= 0.6 is 7.82 Å². The highest BCUT2D eigenvalue weighted by molar-refractivity contribution is 7.45. The summed E-state index contributed by atoms with van der Waals surface area (Å²) in [7, 11) is 1.18. The third-order valence-corrected chi connectivity index (χ3v) is 9.84. The molecule has 0 aromatic rings. The summed E-state index contributed by atoms with van der Waals surface area (Å²) < 4.78 is 33.6. The summed E-state index contributed by atoms with van der Waals surface area (Å²) in [6.45, 7) is 4.17. The van der Waals surface area contributed by atoms with Crippen molar-refractivity contribution in [2.24, 2.45) is 0 Å². The van der Waals surface area contributed by atoms with Crippen LogP contribution in [0, 0.1) is 0 Å². The summed E-state index contributed by atoms with van der Waals surface area (Å²) in [4.78, 5) is 37.1. The molecule has 0 heterocycles. The minimum absolute atomic E-state index is 0.0264. The van der Waals surface area contributed by atoms with E-state index in [1.807, 2.05) is 21.1 Å². The van der Waals surface area contributed by atoms with Crippen molar-refractivity contribution in [3.63, 3.8) is 0 Å². The fourth-order valence-corrected chi connectivity index (χ4v) is 6.38. The van der Waals surface area contributed by atoms with Gasteiger partial charge in [0.25, 0.3) is 7.82 Å². The summed E-state index contributed by atoms with van der Waals surface area (Å²) in [5.74, 6) is -0.834. The lowest BCUT2D eigenvalue weighted by Gasteiger charge is -2.28. The molecule has 0 radical (unpaired) electrons. The predicted molar refractivity (Wildman–Crippen MR) is 199 cm³/mol. The standard InChI is InChI=1S/C39H78NO8P/c1-6-8-10-12-14-15-16-17-18-19-20-21-22-23-24-25-26-28-30-32-39(42)48-37(35-45-38(41)31-29-27-13-11-9-7-2)36-47-49(43,44)46-34-33-40(3,4)5/h37H,6-36H2,1-5H3/t37-/m1/s1. The average Bonchev–Trinajstić information content (AvgIpc) is 3.04. The number of likely N-dealkylation sites (N-methyl/N-ethyl adjacent to an activating group) is 1. The Hall–Kier alpha value is -0.990. The Morgan fingerprint density at radius 3 is 1.31 bits per heavy atom. The van der Waals surface area contributed by atoms with Gasteiger partial charge in [-0.2, -0.15) is 0 Å². The third kappa shape index (κ3) is 36.6. The maximum absolute atomic E-state index is 12.6. The lowest BCUT2D eigenvalue weighted by molar-refractivity contribution is -0.870. The Labute approximate surface area is 302 Å². The number of carbonyl (C=O) groups is 2. The molecule has 2 atom stereocenters. The summed E-state index contributed by atoms with van der Waals surface area (Å²) in [6.07, 6.45) is 30.2. The zero-order valence-corrected chi connectivity index (χ0v) is 33.6. The quantitative estimate of drug-likeness (QED) is 0.0270. The topological polar surface area (TPSA) is 111 Å². The number of carbonyl (C=O) groups excluding carboxylic acids is 2. The second kappa shape index (κ2) is 32.9. The maximum atomic E-state index is 12.6. The fourth-order valence-electron chi connectivity index (χ4n) is 5.65. The largest absolute Gasteiger partial charge is 0.756 e. The Morgan fingerprint density at radius 1 is 0.551 bits per heavy atom. The number of quaternary nitrogens is 1. The minimum Gasteiger partial charge on any atom is -0.756 e. The van der Waals surface area contributed by atoms with E-state index in [0.29, 0.717) is 17.4 Å². The van der Waals surface area contributed by atoms with Gasteiger partial charge in [-0.1, -0.05) is 162 Å². The van der Waals surface area contributed by atoms with Crippen LogP contribution < -0.4 is 4.89 Å². The van der Waals surface area contributed by atoms with Crippen molar-refractivity contribution in [1.29, 1.82) is 0 Å². The molecule has 0 aliphatic carbocycles. The van der Waals surface area contributed by atoms with Crippen LogP contribution in [0.1, 0.15) is 187 Å². The van der Waals surface area contributed by atoms with Gasteiger partial charge < -0.3 is 27.9 Å². The number of phosphoric ester groups is 1. The minimum atomic E-state index is -4.60. The Balaban J connectivity index is 4.19. The molecule has 10 heteroatoms. The van der Waals surface area contributed by atoms with Gasteiger partial charge in [0.15, 0.2) is 6.10 Å². The fraction of sp³-hybridized carbons (Fsp3) is 0.949. The normalized spacial score (nSPS) is 13.7. The van der Waals surface area contributed by atoms with Crippen LogP contribution in [0.5, 0.6) is 0 Å². The van der Waals surface area contributed by atoms with Crippen LogP contribution in [0.3, 0.4) is 0 Å².